The van der Waals surface area contributed by atoms with Gasteiger partial charge in [-0.05, 0) is 81.9 Å². The lowest BCUT2D eigenvalue weighted by Gasteiger charge is -2.18. The molecule has 0 fully saturated rings. The lowest BCUT2D eigenvalue weighted by Crippen LogP contribution is -2.18. The van der Waals surface area contributed by atoms with E-state index < -0.39 is 103 Å². The molecule has 0 amide bonds. The average Bonchev–Trinajstić information content (AvgIpc) is 3.33. The average molecular weight is 734 g/mol. The molecule has 0 spiro atoms. The molecule has 0 bridgehead atoms. The number of nitriles is 4. The Hall–Kier alpha value is -6.66. The van der Waals surface area contributed by atoms with Crippen molar-refractivity contribution in [3.05, 3.63) is 99.6 Å². The van der Waals surface area contributed by atoms with E-state index in [4.69, 9.17) is 0 Å². The van der Waals surface area contributed by atoms with Crippen LogP contribution in [0.25, 0.3) is 39.0 Å². The van der Waals surface area contributed by atoms with E-state index in [1.807, 2.05) is 0 Å². The largest absolute Gasteiger partial charge is 0.573 e. The summed E-state index contributed by atoms with van der Waals surface area (Å²) in [6.07, 6.45) is -21.0. The van der Waals surface area contributed by atoms with Crippen LogP contribution in [0.5, 0.6) is 11.5 Å². The summed E-state index contributed by atoms with van der Waals surface area (Å²) in [5.41, 5.74) is -9.63. The van der Waals surface area contributed by atoms with Crippen LogP contribution in [-0.4, -0.2) is 12.7 Å². The number of allylic oxidation sites excluding steroid dienone is 1. The lowest BCUT2D eigenvalue weighted by atomic mass is 9.93. The molecular weight excluding hydrogens is 724 g/mol. The van der Waals surface area contributed by atoms with Crippen LogP contribution in [0.2, 0.25) is 0 Å². The first kappa shape index (κ1) is 36.6. The quantitative estimate of drug-likeness (QED) is 0.134. The predicted molar refractivity (Wildman–Crippen MR) is 153 cm³/mol. The van der Waals surface area contributed by atoms with Crippen LogP contribution in [0.15, 0.2) is 66.2 Å². The smallest absolute Gasteiger partial charge is 0.405 e. The third-order valence-corrected chi connectivity index (χ3v) is 7.51. The summed E-state index contributed by atoms with van der Waals surface area (Å²) in [5, 5.41) is 38.2. The number of alkyl halides is 12. The van der Waals surface area contributed by atoms with Gasteiger partial charge in [0.05, 0.1) is 34.4 Å². The van der Waals surface area contributed by atoms with Crippen molar-refractivity contribution in [2.24, 2.45) is 0 Å². The van der Waals surface area contributed by atoms with Gasteiger partial charge in [-0.25, -0.2) is 0 Å². The van der Waals surface area contributed by atoms with Crippen LogP contribution in [0, 0.1) is 45.3 Å². The molecule has 0 saturated heterocycles. The highest BCUT2D eigenvalue weighted by molar-refractivity contribution is 6.07. The van der Waals surface area contributed by atoms with Crippen LogP contribution in [0.3, 0.4) is 0 Å². The molecule has 262 valence electrons. The number of fused-ring (bicyclic) bond motifs is 3. The molecule has 0 aromatic heterocycles. The predicted octanol–water partition coefficient (Wildman–Crippen LogP) is 10.4. The van der Waals surface area contributed by atoms with Crippen molar-refractivity contribution in [3.8, 4) is 69.2 Å². The Balaban J connectivity index is 1.90. The molecule has 1 aliphatic rings. The van der Waals surface area contributed by atoms with Crippen molar-refractivity contribution in [2.45, 2.75) is 25.1 Å². The maximum absolute atomic E-state index is 13.7. The van der Waals surface area contributed by atoms with Gasteiger partial charge in [-0.15, -0.1) is 26.3 Å². The van der Waals surface area contributed by atoms with E-state index in [0.717, 1.165) is 12.1 Å². The third kappa shape index (κ3) is 7.00. The molecule has 0 unspecified atom stereocenters. The molecule has 0 N–H and O–H groups in total. The van der Waals surface area contributed by atoms with Gasteiger partial charge in [0, 0.05) is 16.7 Å². The van der Waals surface area contributed by atoms with Crippen molar-refractivity contribution >= 4 is 5.57 Å². The number of ether oxygens (including phenoxy) is 2. The first-order valence-corrected chi connectivity index (χ1v) is 13.8. The molecule has 0 aliphatic heterocycles. The zero-order chi connectivity index (χ0) is 38.6. The minimum absolute atomic E-state index is 0.233. The highest BCUT2D eigenvalue weighted by Gasteiger charge is 2.39. The molecule has 1 aliphatic carbocycles. The highest BCUT2D eigenvalue weighted by Crippen LogP contribution is 2.54. The normalized spacial score (nSPS) is 12.5. The SMILES string of the molecule is N#CC(C#N)=C1c2cc(OC(F)(F)F)c(-c3ccc(C(F)(F)F)c(C#N)c3)cc2-c2cc(-c3ccc(C(F)(F)F)c(C#N)c3)c(OC(F)(F)F)cc21. The first-order valence-electron chi connectivity index (χ1n) is 13.8. The van der Waals surface area contributed by atoms with E-state index in [9.17, 15) is 73.7 Å². The molecule has 0 heterocycles. The summed E-state index contributed by atoms with van der Waals surface area (Å²) in [6.45, 7) is 0. The van der Waals surface area contributed by atoms with Crippen LogP contribution in [-0.2, 0) is 12.4 Å². The second-order valence-electron chi connectivity index (χ2n) is 10.6. The van der Waals surface area contributed by atoms with Crippen molar-refractivity contribution in [2.75, 3.05) is 0 Å². The van der Waals surface area contributed by atoms with Gasteiger partial charge in [0.15, 0.2) is 0 Å². The molecule has 4 aromatic rings. The van der Waals surface area contributed by atoms with E-state index in [-0.39, 0.29) is 11.1 Å². The van der Waals surface area contributed by atoms with Crippen LogP contribution < -0.4 is 9.47 Å². The second-order valence-corrected chi connectivity index (χ2v) is 10.6. The minimum Gasteiger partial charge on any atom is -0.405 e. The maximum Gasteiger partial charge on any atom is 0.573 e. The Morgan fingerprint density at radius 2 is 0.827 bits per heavy atom. The molecule has 52 heavy (non-hydrogen) atoms. The molecule has 0 atom stereocenters. The fourth-order valence-corrected chi connectivity index (χ4v) is 5.54. The number of hydrogen-bond donors (Lipinski definition) is 0. The standard InChI is InChI=1S/C34H10F12N4O2/c35-31(36,37)26-3-1-15(5-17(26)11-47)20-7-22-23-8-21(16-2-4-27(32(38,39)40)18(6-16)12-48)29(52-34(44,45)46)10-25(23)30(19(13-49)14-50)24(22)9-28(20)51-33(41,42)43/h1-10H. The third-order valence-electron chi connectivity index (χ3n) is 7.51. The molecule has 18 heteroatoms. The van der Waals surface area contributed by atoms with Crippen LogP contribution in [0.1, 0.15) is 33.4 Å². The van der Waals surface area contributed by atoms with Gasteiger partial charge in [0.25, 0.3) is 0 Å². The van der Waals surface area contributed by atoms with Gasteiger partial charge in [-0.2, -0.15) is 47.4 Å². The Morgan fingerprint density at radius 3 is 1.12 bits per heavy atom. The first-order chi connectivity index (χ1) is 24.1. The minimum atomic E-state index is -5.46. The summed E-state index contributed by atoms with van der Waals surface area (Å²) in [5.74, 6) is -2.24. The van der Waals surface area contributed by atoms with Gasteiger partial charge in [0.1, 0.15) is 29.2 Å². The number of rotatable bonds is 4. The molecule has 0 saturated carbocycles. The molecule has 4 aromatic carbocycles. The summed E-state index contributed by atoms with van der Waals surface area (Å²) in [6, 6.07) is 12.1. The summed E-state index contributed by atoms with van der Waals surface area (Å²) in [4.78, 5) is 0. The van der Waals surface area contributed by atoms with Gasteiger partial charge in [0.2, 0.25) is 0 Å². The van der Waals surface area contributed by atoms with Crippen molar-refractivity contribution < 1.29 is 62.2 Å². The molecule has 6 nitrogen and oxygen atoms in total. The van der Waals surface area contributed by atoms with Gasteiger partial charge >= 0.3 is 25.1 Å². The van der Waals surface area contributed by atoms with E-state index in [0.29, 0.717) is 48.5 Å². The number of hydrogen-bond acceptors (Lipinski definition) is 6. The molecule has 5 rings (SSSR count). The van der Waals surface area contributed by atoms with Crippen LogP contribution >= 0.6 is 0 Å². The Morgan fingerprint density at radius 1 is 0.462 bits per heavy atom. The second kappa shape index (κ2) is 12.6. The number of benzene rings is 4. The zero-order valence-corrected chi connectivity index (χ0v) is 24.9. The fraction of sp³-hybridized carbons (Fsp3) is 0.118. The Bertz CT molecular complexity index is 2200. The molecular formula is C34H10F12N4O2. The highest BCUT2D eigenvalue weighted by atomic mass is 19.4. The van der Waals surface area contributed by atoms with Crippen molar-refractivity contribution in [1.82, 2.24) is 0 Å². The van der Waals surface area contributed by atoms with Crippen molar-refractivity contribution in [1.29, 1.82) is 21.0 Å². The Kier molecular flexibility index (Phi) is 8.86. The number of halogens is 12. The molecule has 0 radical (unpaired) electrons. The summed E-state index contributed by atoms with van der Waals surface area (Å²) >= 11 is 0. The zero-order valence-electron chi connectivity index (χ0n) is 24.9. The number of nitrogens with zero attached hydrogens (tertiary/aromatic N) is 4. The fourth-order valence-electron chi connectivity index (χ4n) is 5.54. The topological polar surface area (TPSA) is 114 Å². The Labute approximate surface area is 282 Å². The van der Waals surface area contributed by atoms with E-state index >= 15 is 0 Å². The summed E-state index contributed by atoms with van der Waals surface area (Å²) < 4.78 is 171. The lowest BCUT2D eigenvalue weighted by molar-refractivity contribution is -0.275. The van der Waals surface area contributed by atoms with E-state index in [2.05, 4.69) is 9.47 Å². The summed E-state index contributed by atoms with van der Waals surface area (Å²) in [7, 11) is 0. The van der Waals surface area contributed by atoms with Gasteiger partial charge < -0.3 is 9.47 Å². The monoisotopic (exact) mass is 734 g/mol. The van der Waals surface area contributed by atoms with Crippen molar-refractivity contribution in [3.63, 3.8) is 0 Å². The maximum atomic E-state index is 13.7. The van der Waals surface area contributed by atoms with E-state index in [1.54, 1.807) is 0 Å². The van der Waals surface area contributed by atoms with Crippen LogP contribution in [0.4, 0.5) is 52.7 Å². The van der Waals surface area contributed by atoms with Gasteiger partial charge in [-0.3, -0.25) is 0 Å². The van der Waals surface area contributed by atoms with Gasteiger partial charge in [-0.1, -0.05) is 12.1 Å². The van der Waals surface area contributed by atoms with E-state index in [1.165, 1.54) is 24.3 Å².